The number of pyridine rings is 1. The van der Waals surface area contributed by atoms with E-state index in [-0.39, 0.29) is 0 Å². The van der Waals surface area contributed by atoms with Gasteiger partial charge in [0.1, 0.15) is 6.07 Å². The summed E-state index contributed by atoms with van der Waals surface area (Å²) >= 11 is 6.12. The highest BCUT2D eigenvalue weighted by Crippen LogP contribution is 2.42. The largest absolute Gasteiger partial charge is 0.343 e. The van der Waals surface area contributed by atoms with Crippen molar-refractivity contribution in [3.8, 4) is 17.2 Å². The molecule has 6 rings (SSSR count). The van der Waals surface area contributed by atoms with Crippen LogP contribution in [-0.2, 0) is 4.79 Å². The summed E-state index contributed by atoms with van der Waals surface area (Å²) in [6.07, 6.45) is 3.28. The molecule has 42 heavy (non-hydrogen) atoms. The first kappa shape index (κ1) is 28.0. The molecule has 2 saturated heterocycles. The monoisotopic (exact) mass is 587 g/mol. The van der Waals surface area contributed by atoms with E-state index in [1.54, 1.807) is 11.0 Å². The van der Waals surface area contributed by atoms with Gasteiger partial charge in [-0.1, -0.05) is 42.3 Å². The van der Waals surface area contributed by atoms with E-state index >= 15 is 0 Å². The minimum absolute atomic E-state index is 0.302. The Morgan fingerprint density at radius 2 is 1.69 bits per heavy atom. The standard InChI is InChI=1S/C32H28ClF2N5O2/c33-25-8-6-22-14-21(4-5-23(22)15-25)24-7-9-28-27(16-24)26(10-11-37-28)30(42)38-17-29(41)40-20-31(34,35)18-32(40,19-36)39-12-2-1-3-13-39/h4-11,14-16H,1-3,12-13,17-18,20H2,(H,38,42)/t32-/m0/s1. The molecule has 1 atom stereocenters. The summed E-state index contributed by atoms with van der Waals surface area (Å²) in [6, 6.07) is 20.9. The fraction of sp³-hybridized carbons (Fsp3) is 0.312. The minimum Gasteiger partial charge on any atom is -0.343 e. The Labute approximate surface area is 246 Å². The molecule has 0 spiro atoms. The smallest absolute Gasteiger partial charge is 0.270 e. The Kier molecular flexibility index (Phi) is 7.29. The molecule has 4 aromatic rings. The zero-order valence-electron chi connectivity index (χ0n) is 22.7. The molecule has 2 aliphatic rings. The number of benzene rings is 3. The van der Waals surface area contributed by atoms with Crippen molar-refractivity contribution in [1.29, 1.82) is 5.26 Å². The number of nitrogens with zero attached hydrogens (tertiary/aromatic N) is 4. The summed E-state index contributed by atoms with van der Waals surface area (Å²) < 4.78 is 29.3. The summed E-state index contributed by atoms with van der Waals surface area (Å²) in [7, 11) is 0. The first-order valence-electron chi connectivity index (χ1n) is 13.9. The second-order valence-electron chi connectivity index (χ2n) is 11.0. The predicted octanol–water partition coefficient (Wildman–Crippen LogP) is 6.01. The van der Waals surface area contributed by atoms with Crippen LogP contribution in [0, 0.1) is 11.3 Å². The van der Waals surface area contributed by atoms with Crippen molar-refractivity contribution in [3.63, 3.8) is 0 Å². The SMILES string of the molecule is N#C[C@]1(N2CCCCC2)CC(F)(F)CN1C(=O)CNC(=O)c1ccnc2ccc(-c3ccc4cc(Cl)ccc4c3)cc12. The van der Waals surface area contributed by atoms with E-state index in [0.717, 1.165) is 46.1 Å². The summed E-state index contributed by atoms with van der Waals surface area (Å²) in [5.41, 5.74) is 0.985. The Morgan fingerprint density at radius 1 is 0.976 bits per heavy atom. The highest BCUT2D eigenvalue weighted by atomic mass is 35.5. The van der Waals surface area contributed by atoms with Crippen LogP contribution in [0.4, 0.5) is 8.78 Å². The summed E-state index contributed by atoms with van der Waals surface area (Å²) in [6.45, 7) is -0.430. The lowest BCUT2D eigenvalue weighted by Gasteiger charge is -2.43. The van der Waals surface area contributed by atoms with Gasteiger partial charge in [0.25, 0.3) is 11.8 Å². The number of halogens is 3. The molecule has 7 nitrogen and oxygen atoms in total. The van der Waals surface area contributed by atoms with Crippen LogP contribution in [0.3, 0.4) is 0 Å². The third-order valence-electron chi connectivity index (χ3n) is 8.22. The molecule has 1 N–H and O–H groups in total. The average Bonchev–Trinajstić information content (AvgIpc) is 3.31. The molecule has 0 aliphatic carbocycles. The van der Waals surface area contributed by atoms with Gasteiger partial charge in [-0.2, -0.15) is 5.26 Å². The maximum atomic E-state index is 14.6. The second-order valence-corrected chi connectivity index (χ2v) is 11.4. The number of alkyl halides is 2. The number of fused-ring (bicyclic) bond motifs is 2. The molecule has 0 saturated carbocycles. The summed E-state index contributed by atoms with van der Waals surface area (Å²) in [4.78, 5) is 33.7. The molecular formula is C32H28ClF2N5O2. The number of nitrogens with one attached hydrogen (secondary N) is 1. The summed E-state index contributed by atoms with van der Waals surface area (Å²) in [5, 5.41) is 15.9. The maximum absolute atomic E-state index is 14.6. The number of rotatable bonds is 5. The normalized spacial score (nSPS) is 20.5. The Balaban J connectivity index is 1.24. The van der Waals surface area contributed by atoms with E-state index in [2.05, 4.69) is 10.3 Å². The average molecular weight is 588 g/mol. The molecule has 3 heterocycles. The van der Waals surface area contributed by atoms with Crippen molar-refractivity contribution >= 4 is 45.1 Å². The van der Waals surface area contributed by atoms with E-state index in [1.807, 2.05) is 60.7 Å². The molecule has 10 heteroatoms. The third-order valence-corrected chi connectivity index (χ3v) is 8.46. The Hall–Kier alpha value is -4.13. The number of nitriles is 1. The molecular weight excluding hydrogens is 560 g/mol. The zero-order valence-corrected chi connectivity index (χ0v) is 23.5. The van der Waals surface area contributed by atoms with Gasteiger partial charge in [0.2, 0.25) is 5.91 Å². The van der Waals surface area contributed by atoms with Crippen LogP contribution in [0.1, 0.15) is 36.0 Å². The fourth-order valence-electron chi connectivity index (χ4n) is 6.15. The van der Waals surface area contributed by atoms with Gasteiger partial charge in [-0.05, 0) is 71.1 Å². The fourth-order valence-corrected chi connectivity index (χ4v) is 6.33. The number of piperidine rings is 1. The van der Waals surface area contributed by atoms with Crippen LogP contribution in [-0.4, -0.2) is 64.4 Å². The van der Waals surface area contributed by atoms with Gasteiger partial charge in [0, 0.05) is 29.7 Å². The van der Waals surface area contributed by atoms with Crippen LogP contribution in [0.25, 0.3) is 32.8 Å². The molecule has 214 valence electrons. The topological polar surface area (TPSA) is 89.3 Å². The van der Waals surface area contributed by atoms with E-state index < -0.39 is 42.9 Å². The number of carbonyl (C=O) groups excluding carboxylic acids is 2. The van der Waals surface area contributed by atoms with Crippen molar-refractivity contribution in [2.75, 3.05) is 26.2 Å². The van der Waals surface area contributed by atoms with Crippen LogP contribution >= 0.6 is 11.6 Å². The predicted molar refractivity (Wildman–Crippen MR) is 157 cm³/mol. The van der Waals surface area contributed by atoms with E-state index in [4.69, 9.17) is 11.6 Å². The Bertz CT molecular complexity index is 1750. The second kappa shape index (κ2) is 10.9. The van der Waals surface area contributed by atoms with Crippen molar-refractivity contribution in [1.82, 2.24) is 20.1 Å². The van der Waals surface area contributed by atoms with E-state index in [1.165, 1.54) is 6.20 Å². The lowest BCUT2D eigenvalue weighted by Crippen LogP contribution is -2.60. The molecule has 0 unspecified atom stereocenters. The number of aromatic nitrogens is 1. The minimum atomic E-state index is -3.19. The quantitative estimate of drug-likeness (QED) is 0.309. The first-order valence-corrected chi connectivity index (χ1v) is 14.3. The first-order chi connectivity index (χ1) is 20.2. The lowest BCUT2D eigenvalue weighted by molar-refractivity contribution is -0.139. The summed E-state index contributed by atoms with van der Waals surface area (Å²) in [5.74, 6) is -4.45. The van der Waals surface area contributed by atoms with Crippen LogP contribution in [0.5, 0.6) is 0 Å². The number of likely N-dealkylation sites (tertiary alicyclic amines) is 2. The lowest BCUT2D eigenvalue weighted by atomic mass is 9.98. The number of carbonyl (C=O) groups is 2. The highest BCUT2D eigenvalue weighted by molar-refractivity contribution is 6.31. The third kappa shape index (κ3) is 5.17. The van der Waals surface area contributed by atoms with Crippen molar-refractivity contribution < 1.29 is 18.4 Å². The maximum Gasteiger partial charge on any atom is 0.270 e. The Morgan fingerprint density at radius 3 is 2.48 bits per heavy atom. The van der Waals surface area contributed by atoms with Crippen molar-refractivity contribution in [3.05, 3.63) is 77.4 Å². The van der Waals surface area contributed by atoms with E-state index in [9.17, 15) is 23.6 Å². The molecule has 1 aromatic heterocycles. The molecule has 2 amide bonds. The van der Waals surface area contributed by atoms with Crippen molar-refractivity contribution in [2.45, 2.75) is 37.3 Å². The van der Waals surface area contributed by atoms with E-state index in [0.29, 0.717) is 34.6 Å². The molecule has 3 aromatic carbocycles. The van der Waals surface area contributed by atoms with Gasteiger partial charge in [-0.25, -0.2) is 8.78 Å². The van der Waals surface area contributed by atoms with Gasteiger partial charge in [0.15, 0.2) is 5.66 Å². The number of hydrogen-bond acceptors (Lipinski definition) is 5. The van der Waals surface area contributed by atoms with Crippen LogP contribution in [0.2, 0.25) is 5.02 Å². The highest BCUT2D eigenvalue weighted by Gasteiger charge is 2.60. The van der Waals surface area contributed by atoms with Crippen LogP contribution < -0.4 is 5.32 Å². The molecule has 0 radical (unpaired) electrons. The molecule has 0 bridgehead atoms. The van der Waals surface area contributed by atoms with Gasteiger partial charge < -0.3 is 10.2 Å². The number of amides is 2. The zero-order chi connectivity index (χ0) is 29.5. The van der Waals surface area contributed by atoms with Gasteiger partial charge >= 0.3 is 0 Å². The van der Waals surface area contributed by atoms with Crippen molar-refractivity contribution in [2.24, 2.45) is 0 Å². The molecule has 2 fully saturated rings. The molecule has 2 aliphatic heterocycles. The van der Waals surface area contributed by atoms with Gasteiger partial charge in [-0.3, -0.25) is 19.5 Å². The van der Waals surface area contributed by atoms with Crippen LogP contribution in [0.15, 0.2) is 66.9 Å². The number of hydrogen-bond donors (Lipinski definition) is 1. The van der Waals surface area contributed by atoms with Gasteiger partial charge in [0.05, 0.1) is 30.6 Å². The van der Waals surface area contributed by atoms with Gasteiger partial charge in [-0.15, -0.1) is 0 Å².